The van der Waals surface area contributed by atoms with Crippen molar-refractivity contribution >= 4 is 17.2 Å². The van der Waals surface area contributed by atoms with Gasteiger partial charge in [-0.2, -0.15) is 15.5 Å². The molecule has 1 aliphatic carbocycles. The molecule has 0 spiro atoms. The maximum absolute atomic E-state index is 12.6. The number of nitrogens with zero attached hydrogens (tertiary/aromatic N) is 8. The van der Waals surface area contributed by atoms with Crippen LogP contribution in [0.2, 0.25) is 0 Å². The number of nitriles is 1. The first kappa shape index (κ1) is 24.7. The Balaban J connectivity index is 1.14. The SMILES string of the molecule is Cn1cc(-c2cc(-c3ccc(N4CCN(C(=O)CCC#CCC5CC5)CC4)nc3)c3c(C#N)cnn3c2)cn1. The molecule has 0 bridgehead atoms. The molecular weight excluding hydrogens is 488 g/mol. The number of rotatable bonds is 6. The summed E-state index contributed by atoms with van der Waals surface area (Å²) in [6.45, 7) is 2.86. The molecule has 5 heterocycles. The summed E-state index contributed by atoms with van der Waals surface area (Å²) in [6.07, 6.45) is 13.9. The van der Waals surface area contributed by atoms with E-state index in [1.165, 1.54) is 12.8 Å². The van der Waals surface area contributed by atoms with Crippen molar-refractivity contribution in [3.05, 3.63) is 54.7 Å². The molecule has 9 heteroatoms. The highest BCUT2D eigenvalue weighted by molar-refractivity contribution is 5.87. The fraction of sp³-hybridized carbons (Fsp3) is 0.367. The average molecular weight is 519 g/mol. The number of aryl methyl sites for hydroxylation is 1. The third kappa shape index (κ3) is 5.35. The Labute approximate surface area is 227 Å². The molecule has 9 nitrogen and oxygen atoms in total. The molecule has 2 fully saturated rings. The van der Waals surface area contributed by atoms with Crippen molar-refractivity contribution in [2.24, 2.45) is 13.0 Å². The van der Waals surface area contributed by atoms with Gasteiger partial charge in [-0.1, -0.05) is 0 Å². The molecule has 0 unspecified atom stereocenters. The van der Waals surface area contributed by atoms with Crippen LogP contribution in [0.4, 0.5) is 5.82 Å². The smallest absolute Gasteiger partial charge is 0.223 e. The molecule has 4 aromatic rings. The second-order valence-electron chi connectivity index (χ2n) is 10.3. The van der Waals surface area contributed by atoms with E-state index in [1.54, 1.807) is 15.4 Å². The molecule has 1 aliphatic heterocycles. The van der Waals surface area contributed by atoms with Crippen molar-refractivity contribution in [3.8, 4) is 40.2 Å². The largest absolute Gasteiger partial charge is 0.353 e. The number of amides is 1. The molecule has 0 aromatic carbocycles. The van der Waals surface area contributed by atoms with Gasteiger partial charge in [0, 0.05) is 93.3 Å². The van der Waals surface area contributed by atoms with Gasteiger partial charge in [0.2, 0.25) is 5.91 Å². The number of hydrogen-bond donors (Lipinski definition) is 0. The van der Waals surface area contributed by atoms with Crippen molar-refractivity contribution in [3.63, 3.8) is 0 Å². The summed E-state index contributed by atoms with van der Waals surface area (Å²) >= 11 is 0. The highest BCUT2D eigenvalue weighted by Crippen LogP contribution is 2.33. The van der Waals surface area contributed by atoms with Gasteiger partial charge in [-0.25, -0.2) is 9.50 Å². The van der Waals surface area contributed by atoms with E-state index in [2.05, 4.69) is 39.1 Å². The van der Waals surface area contributed by atoms with Gasteiger partial charge in [-0.05, 0) is 37.0 Å². The van der Waals surface area contributed by atoms with Gasteiger partial charge in [-0.3, -0.25) is 9.48 Å². The van der Waals surface area contributed by atoms with E-state index >= 15 is 0 Å². The van der Waals surface area contributed by atoms with Crippen molar-refractivity contribution in [1.29, 1.82) is 5.26 Å². The number of carbonyl (C=O) groups is 1. The quantitative estimate of drug-likeness (QED) is 0.359. The van der Waals surface area contributed by atoms with Crippen LogP contribution < -0.4 is 4.90 Å². The lowest BCUT2D eigenvalue weighted by Crippen LogP contribution is -2.49. The normalized spacial score (nSPS) is 15.2. The minimum atomic E-state index is 0.185. The highest BCUT2D eigenvalue weighted by atomic mass is 16.2. The number of piperazine rings is 1. The molecule has 6 rings (SSSR count). The van der Waals surface area contributed by atoms with Gasteiger partial charge in [0.15, 0.2) is 0 Å². The van der Waals surface area contributed by atoms with E-state index < -0.39 is 0 Å². The van der Waals surface area contributed by atoms with Crippen molar-refractivity contribution in [2.45, 2.75) is 32.1 Å². The Kier molecular flexibility index (Phi) is 6.73. The molecule has 0 N–H and O–H groups in total. The molecule has 0 radical (unpaired) electrons. The van der Waals surface area contributed by atoms with Crippen LogP contribution in [0.1, 0.15) is 37.7 Å². The second kappa shape index (κ2) is 10.6. The van der Waals surface area contributed by atoms with Crippen molar-refractivity contribution in [1.82, 2.24) is 29.3 Å². The van der Waals surface area contributed by atoms with Crippen LogP contribution in [-0.4, -0.2) is 61.4 Å². The minimum absolute atomic E-state index is 0.185. The summed E-state index contributed by atoms with van der Waals surface area (Å²) < 4.78 is 3.51. The van der Waals surface area contributed by atoms with Gasteiger partial charge in [0.25, 0.3) is 0 Å². The average Bonchev–Trinajstić information content (AvgIpc) is 3.54. The fourth-order valence-corrected chi connectivity index (χ4v) is 5.02. The molecule has 1 amide bonds. The molecule has 196 valence electrons. The third-order valence-electron chi connectivity index (χ3n) is 7.46. The van der Waals surface area contributed by atoms with Gasteiger partial charge in [0.05, 0.1) is 23.5 Å². The van der Waals surface area contributed by atoms with Crippen LogP contribution in [0.3, 0.4) is 0 Å². The van der Waals surface area contributed by atoms with E-state index in [0.717, 1.165) is 59.0 Å². The molecule has 2 aliphatic rings. The molecule has 4 aromatic heterocycles. The summed E-state index contributed by atoms with van der Waals surface area (Å²) in [6, 6.07) is 8.37. The van der Waals surface area contributed by atoms with E-state index in [9.17, 15) is 10.1 Å². The third-order valence-corrected chi connectivity index (χ3v) is 7.46. The lowest BCUT2D eigenvalue weighted by molar-refractivity contribution is -0.131. The van der Waals surface area contributed by atoms with Gasteiger partial charge in [0.1, 0.15) is 11.9 Å². The van der Waals surface area contributed by atoms with E-state index in [0.29, 0.717) is 31.5 Å². The summed E-state index contributed by atoms with van der Waals surface area (Å²) in [5.74, 6) is 8.25. The summed E-state index contributed by atoms with van der Waals surface area (Å²) in [7, 11) is 1.88. The van der Waals surface area contributed by atoms with E-state index in [1.807, 2.05) is 48.9 Å². The van der Waals surface area contributed by atoms with Crippen LogP contribution in [0.15, 0.2) is 49.2 Å². The summed E-state index contributed by atoms with van der Waals surface area (Å²) in [4.78, 5) is 21.5. The van der Waals surface area contributed by atoms with E-state index in [-0.39, 0.29) is 5.91 Å². The fourth-order valence-electron chi connectivity index (χ4n) is 5.02. The lowest BCUT2D eigenvalue weighted by Gasteiger charge is -2.35. The zero-order valence-corrected chi connectivity index (χ0v) is 22.0. The number of anilines is 1. The molecule has 1 saturated heterocycles. The van der Waals surface area contributed by atoms with Gasteiger partial charge < -0.3 is 9.80 Å². The Morgan fingerprint density at radius 3 is 2.54 bits per heavy atom. The maximum atomic E-state index is 12.6. The molecule has 39 heavy (non-hydrogen) atoms. The van der Waals surface area contributed by atoms with Crippen molar-refractivity contribution < 1.29 is 4.79 Å². The predicted molar refractivity (Wildman–Crippen MR) is 148 cm³/mol. The number of hydrogen-bond acceptors (Lipinski definition) is 6. The monoisotopic (exact) mass is 518 g/mol. The Hall–Kier alpha value is -4.63. The van der Waals surface area contributed by atoms with Crippen LogP contribution in [0, 0.1) is 29.1 Å². The summed E-state index contributed by atoms with van der Waals surface area (Å²) in [5.41, 5.74) is 4.99. The zero-order chi connectivity index (χ0) is 26.8. The van der Waals surface area contributed by atoms with Crippen LogP contribution in [0.25, 0.3) is 27.8 Å². The highest BCUT2D eigenvalue weighted by Gasteiger charge is 2.22. The van der Waals surface area contributed by atoms with Crippen molar-refractivity contribution in [2.75, 3.05) is 31.1 Å². The zero-order valence-electron chi connectivity index (χ0n) is 22.0. The number of aromatic nitrogens is 5. The van der Waals surface area contributed by atoms with Crippen LogP contribution in [0.5, 0.6) is 0 Å². The Morgan fingerprint density at radius 2 is 1.85 bits per heavy atom. The maximum Gasteiger partial charge on any atom is 0.223 e. The predicted octanol–water partition coefficient (Wildman–Crippen LogP) is 3.90. The Bertz CT molecular complexity index is 1600. The summed E-state index contributed by atoms with van der Waals surface area (Å²) in [5, 5.41) is 18.4. The number of carbonyl (C=O) groups excluding carboxylic acids is 1. The van der Waals surface area contributed by atoms with Gasteiger partial charge >= 0.3 is 0 Å². The Morgan fingerprint density at radius 1 is 1.00 bits per heavy atom. The minimum Gasteiger partial charge on any atom is -0.353 e. The number of fused-ring (bicyclic) bond motifs is 1. The number of pyridine rings is 2. The topological polar surface area (TPSA) is 95.3 Å². The molecule has 0 atom stereocenters. The first-order valence-corrected chi connectivity index (χ1v) is 13.4. The standard InChI is InChI=1S/C30H30N8O/c1-35-20-26(19-33-35)24-15-27(30-25(16-31)18-34-38(30)21-24)23-9-10-28(32-17-23)36-11-13-37(14-12-36)29(39)6-4-2-3-5-22-7-8-22/h9-10,15,17-22H,4-8,11-14H2,1H3. The first-order chi connectivity index (χ1) is 19.1. The second-order valence-corrected chi connectivity index (χ2v) is 10.3. The van der Waals surface area contributed by atoms with Gasteiger partial charge in [-0.15, -0.1) is 11.8 Å². The molecule has 1 saturated carbocycles. The van der Waals surface area contributed by atoms with Crippen LogP contribution >= 0.6 is 0 Å². The van der Waals surface area contributed by atoms with Crippen LogP contribution in [-0.2, 0) is 11.8 Å². The van der Waals surface area contributed by atoms with E-state index in [4.69, 9.17) is 4.98 Å². The lowest BCUT2D eigenvalue weighted by atomic mass is 10.0. The first-order valence-electron chi connectivity index (χ1n) is 13.4. The molecular formula is C30H30N8O.